The maximum Gasteiger partial charge on any atom is 0.453 e. The molecule has 0 amide bonds. The summed E-state index contributed by atoms with van der Waals surface area (Å²) >= 11 is 0. The molecule has 1 aliphatic carbocycles. The predicted octanol–water partition coefficient (Wildman–Crippen LogP) is 3.63. The van der Waals surface area contributed by atoms with Gasteiger partial charge in [-0.15, -0.1) is 5.10 Å². The van der Waals surface area contributed by atoms with E-state index in [9.17, 15) is 18.0 Å². The quantitative estimate of drug-likeness (QED) is 0.847. The van der Waals surface area contributed by atoms with Gasteiger partial charge in [0.05, 0.1) is 0 Å². The number of benzene rings is 1. The zero-order chi connectivity index (χ0) is 20.2. The molecule has 0 radical (unpaired) electrons. The van der Waals surface area contributed by atoms with E-state index in [1.807, 2.05) is 50.2 Å². The van der Waals surface area contributed by atoms with Gasteiger partial charge < -0.3 is 10.2 Å². The van der Waals surface area contributed by atoms with Crippen molar-refractivity contribution in [2.45, 2.75) is 32.0 Å². The molecule has 1 aliphatic heterocycles. The van der Waals surface area contributed by atoms with Crippen molar-refractivity contribution in [3.05, 3.63) is 46.9 Å². The first-order valence-corrected chi connectivity index (χ1v) is 8.99. The zero-order valence-corrected chi connectivity index (χ0v) is 15.7. The number of alkyl halides is 3. The lowest BCUT2D eigenvalue weighted by Gasteiger charge is -2.34. The number of fused-ring (bicyclic) bond motifs is 1. The van der Waals surface area contributed by atoms with Gasteiger partial charge in [-0.3, -0.25) is 4.79 Å². The van der Waals surface area contributed by atoms with Gasteiger partial charge in [0.15, 0.2) is 5.78 Å². The topological polar surface area (TPSA) is 63.1 Å². The van der Waals surface area contributed by atoms with E-state index in [-0.39, 0.29) is 17.6 Å². The normalized spacial score (nSPS) is 21.9. The van der Waals surface area contributed by atoms with Crippen LogP contribution in [-0.4, -0.2) is 34.6 Å². The number of hydrogen-bond donors (Lipinski definition) is 1. The average molecular weight is 391 g/mol. The highest BCUT2D eigenvalue weighted by molar-refractivity contribution is 5.99. The van der Waals surface area contributed by atoms with Gasteiger partial charge in [-0.1, -0.05) is 19.1 Å². The molecule has 28 heavy (non-hydrogen) atoms. The minimum atomic E-state index is -4.66. The smallest absolute Gasteiger partial charge is 0.378 e. The first kappa shape index (κ1) is 18.5. The van der Waals surface area contributed by atoms with Crippen molar-refractivity contribution in [2.75, 3.05) is 24.3 Å². The van der Waals surface area contributed by atoms with Crippen LogP contribution in [0.5, 0.6) is 0 Å². The molecule has 2 aromatic rings. The zero-order valence-electron chi connectivity index (χ0n) is 15.7. The van der Waals surface area contributed by atoms with E-state index in [0.29, 0.717) is 29.7 Å². The van der Waals surface area contributed by atoms with E-state index >= 15 is 0 Å². The van der Waals surface area contributed by atoms with Crippen LogP contribution in [0.3, 0.4) is 0 Å². The summed E-state index contributed by atoms with van der Waals surface area (Å²) < 4.78 is 40.8. The van der Waals surface area contributed by atoms with E-state index in [2.05, 4.69) is 15.4 Å². The molecule has 148 valence electrons. The largest absolute Gasteiger partial charge is 0.453 e. The summed E-state index contributed by atoms with van der Waals surface area (Å²) in [7, 11) is 3.80. The molecule has 1 N–H and O–H groups in total. The molecule has 0 saturated carbocycles. The van der Waals surface area contributed by atoms with Gasteiger partial charge in [0.25, 0.3) is 5.82 Å². The molecule has 2 heterocycles. The molecular formula is C19H20F3N5O. The second-order valence-electron chi connectivity index (χ2n) is 7.54. The lowest BCUT2D eigenvalue weighted by Crippen LogP contribution is -2.33. The third-order valence-electron chi connectivity index (χ3n) is 5.10. The van der Waals surface area contributed by atoms with E-state index in [4.69, 9.17) is 0 Å². The van der Waals surface area contributed by atoms with Crippen molar-refractivity contribution >= 4 is 17.4 Å². The second kappa shape index (κ2) is 6.35. The van der Waals surface area contributed by atoms with Crippen molar-refractivity contribution in [3.8, 4) is 0 Å². The van der Waals surface area contributed by atoms with Crippen LogP contribution in [0.4, 0.5) is 24.8 Å². The van der Waals surface area contributed by atoms with Gasteiger partial charge in [0.2, 0.25) is 5.95 Å². The fraction of sp³-hybridized carbons (Fsp3) is 0.421. The number of nitrogens with one attached hydrogen (secondary N) is 1. The third kappa shape index (κ3) is 3.04. The number of allylic oxidation sites excluding steroid dienone is 2. The standard InChI is InChI=1S/C19H20F3N5O/c1-10-8-13-15(14(28)9-10)16(11-4-6-12(7-5-11)26(2)3)27-18(23-13)24-17(25-27)19(20,21)22/h4-7,10,16H,8-9H2,1-3H3,(H,23,24,25). The number of ketones is 1. The maximum absolute atomic E-state index is 13.2. The second-order valence-corrected chi connectivity index (χ2v) is 7.54. The lowest BCUT2D eigenvalue weighted by atomic mass is 9.81. The molecule has 0 fully saturated rings. The lowest BCUT2D eigenvalue weighted by molar-refractivity contribution is -0.145. The SMILES string of the molecule is CC1CC(=O)C2=C(C1)Nc1nc(C(F)(F)F)nn1C2c1ccc(N(C)C)cc1. The Balaban J connectivity index is 1.87. The monoisotopic (exact) mass is 391 g/mol. The predicted molar refractivity (Wildman–Crippen MR) is 98.0 cm³/mol. The molecular weight excluding hydrogens is 371 g/mol. The molecule has 0 bridgehead atoms. The molecule has 1 aromatic carbocycles. The van der Waals surface area contributed by atoms with Gasteiger partial charge in [-0.05, 0) is 30.0 Å². The number of anilines is 2. The van der Waals surface area contributed by atoms with Crippen molar-refractivity contribution in [1.29, 1.82) is 0 Å². The summed E-state index contributed by atoms with van der Waals surface area (Å²) in [4.78, 5) is 18.4. The van der Waals surface area contributed by atoms with Gasteiger partial charge in [0.1, 0.15) is 6.04 Å². The van der Waals surface area contributed by atoms with E-state index in [1.165, 1.54) is 4.68 Å². The summed E-state index contributed by atoms with van der Waals surface area (Å²) in [5, 5.41) is 6.62. The fourth-order valence-electron chi connectivity index (χ4n) is 3.79. The Labute approximate surface area is 160 Å². The number of halogens is 3. The van der Waals surface area contributed by atoms with Crippen LogP contribution in [0.2, 0.25) is 0 Å². The number of aromatic nitrogens is 3. The highest BCUT2D eigenvalue weighted by atomic mass is 19.4. The highest BCUT2D eigenvalue weighted by Crippen LogP contribution is 2.42. The number of nitrogens with zero attached hydrogens (tertiary/aromatic N) is 4. The van der Waals surface area contributed by atoms with Crippen LogP contribution in [0.1, 0.15) is 37.2 Å². The fourth-order valence-corrected chi connectivity index (χ4v) is 3.79. The molecule has 2 unspecified atom stereocenters. The Bertz CT molecular complexity index is 959. The first-order chi connectivity index (χ1) is 13.1. The number of Topliss-reactive ketones (excluding diaryl/α,β-unsaturated/α-hetero) is 1. The molecule has 1 aromatic heterocycles. The van der Waals surface area contributed by atoms with Gasteiger partial charge in [-0.25, -0.2) is 4.68 Å². The molecule has 4 rings (SSSR count). The van der Waals surface area contributed by atoms with Crippen LogP contribution in [0, 0.1) is 5.92 Å². The van der Waals surface area contributed by atoms with Crippen LogP contribution in [-0.2, 0) is 11.0 Å². The van der Waals surface area contributed by atoms with E-state index < -0.39 is 18.0 Å². The van der Waals surface area contributed by atoms with Crippen molar-refractivity contribution in [2.24, 2.45) is 5.92 Å². The average Bonchev–Trinajstić information content (AvgIpc) is 3.03. The van der Waals surface area contributed by atoms with Crippen molar-refractivity contribution in [1.82, 2.24) is 14.8 Å². The van der Waals surface area contributed by atoms with Crippen LogP contribution in [0.15, 0.2) is 35.5 Å². The number of rotatable bonds is 2. The summed E-state index contributed by atoms with van der Waals surface area (Å²) in [6, 6.07) is 6.65. The van der Waals surface area contributed by atoms with Gasteiger partial charge >= 0.3 is 6.18 Å². The third-order valence-corrected chi connectivity index (χ3v) is 5.10. The molecule has 0 spiro atoms. The minimum absolute atomic E-state index is 0.00895. The van der Waals surface area contributed by atoms with Crippen molar-refractivity contribution < 1.29 is 18.0 Å². The Hall–Kier alpha value is -2.84. The van der Waals surface area contributed by atoms with Gasteiger partial charge in [-0.2, -0.15) is 18.2 Å². The summed E-state index contributed by atoms with van der Waals surface area (Å²) in [5.41, 5.74) is 2.76. The first-order valence-electron chi connectivity index (χ1n) is 8.99. The molecule has 2 aliphatic rings. The van der Waals surface area contributed by atoms with Crippen LogP contribution < -0.4 is 10.2 Å². The Kier molecular flexibility index (Phi) is 4.20. The van der Waals surface area contributed by atoms with Gasteiger partial charge in [0, 0.05) is 37.5 Å². The Morgan fingerprint density at radius 2 is 1.86 bits per heavy atom. The summed E-state index contributed by atoms with van der Waals surface area (Å²) in [5.74, 6) is -1.16. The molecule has 9 heteroatoms. The number of carbonyl (C=O) groups excluding carboxylic acids is 1. The van der Waals surface area contributed by atoms with Crippen LogP contribution in [0.25, 0.3) is 0 Å². The molecule has 0 saturated heterocycles. The highest BCUT2D eigenvalue weighted by Gasteiger charge is 2.42. The maximum atomic E-state index is 13.2. The van der Waals surface area contributed by atoms with E-state index in [1.54, 1.807) is 0 Å². The minimum Gasteiger partial charge on any atom is -0.378 e. The Morgan fingerprint density at radius 1 is 1.18 bits per heavy atom. The molecule has 6 nitrogen and oxygen atoms in total. The van der Waals surface area contributed by atoms with Crippen LogP contribution >= 0.6 is 0 Å². The Morgan fingerprint density at radius 3 is 2.46 bits per heavy atom. The summed E-state index contributed by atoms with van der Waals surface area (Å²) in [6.07, 6.45) is -3.71. The molecule has 2 atom stereocenters. The summed E-state index contributed by atoms with van der Waals surface area (Å²) in [6.45, 7) is 1.95. The van der Waals surface area contributed by atoms with Crippen molar-refractivity contribution in [3.63, 3.8) is 0 Å². The van der Waals surface area contributed by atoms with E-state index in [0.717, 1.165) is 5.69 Å². The number of carbonyl (C=O) groups is 1. The number of hydrogen-bond acceptors (Lipinski definition) is 5.